The number of ether oxygens (including phenoxy) is 1. The highest BCUT2D eigenvalue weighted by Gasteiger charge is 2.65. The Balaban J connectivity index is 1.50. The van der Waals surface area contributed by atoms with Gasteiger partial charge in [0.15, 0.2) is 5.78 Å². The van der Waals surface area contributed by atoms with Gasteiger partial charge in [0.25, 0.3) is 0 Å². The van der Waals surface area contributed by atoms with Crippen molar-refractivity contribution in [2.24, 2.45) is 11.8 Å². The van der Waals surface area contributed by atoms with Crippen LogP contribution in [0.4, 0.5) is 18.9 Å². The van der Waals surface area contributed by atoms with Crippen LogP contribution in [-0.2, 0) is 15.8 Å². The van der Waals surface area contributed by atoms with Crippen LogP contribution in [0.1, 0.15) is 33.1 Å². The molecule has 0 saturated carbocycles. The Morgan fingerprint density at radius 2 is 1.53 bits per heavy atom. The van der Waals surface area contributed by atoms with Crippen molar-refractivity contribution >= 4 is 29.4 Å². The van der Waals surface area contributed by atoms with Gasteiger partial charge in [-0.15, -0.1) is 0 Å². The molecule has 0 aromatic heterocycles. The number of imide groups is 1. The Bertz CT molecular complexity index is 1500. The number of anilines is 1. The maximum absolute atomic E-state index is 13.9. The number of nitrogens with zero attached hydrogens (tertiary/aromatic N) is 2. The molecule has 0 unspecified atom stereocenters. The number of alkyl halides is 3. The van der Waals surface area contributed by atoms with E-state index in [1.807, 2.05) is 24.3 Å². The lowest BCUT2D eigenvalue weighted by atomic mass is 9.83. The van der Waals surface area contributed by atoms with E-state index in [1.165, 1.54) is 19.2 Å². The minimum atomic E-state index is -4.78. The monoisotopic (exact) mass is 518 g/mol. The van der Waals surface area contributed by atoms with Crippen molar-refractivity contribution in [3.8, 4) is 5.75 Å². The number of benzene rings is 3. The molecule has 2 saturated heterocycles. The molecule has 0 bridgehead atoms. The number of amides is 2. The lowest BCUT2D eigenvalue weighted by Gasteiger charge is -2.35. The van der Waals surface area contributed by atoms with Crippen molar-refractivity contribution in [3.63, 3.8) is 0 Å². The van der Waals surface area contributed by atoms with Crippen LogP contribution in [0.5, 0.6) is 5.75 Å². The summed E-state index contributed by atoms with van der Waals surface area (Å²) < 4.78 is 46.8. The molecular formula is C29H21F3N2O4. The molecule has 0 aliphatic carbocycles. The van der Waals surface area contributed by atoms with Gasteiger partial charge >= 0.3 is 6.18 Å². The van der Waals surface area contributed by atoms with Gasteiger partial charge in [-0.3, -0.25) is 14.4 Å². The minimum absolute atomic E-state index is 0.303. The molecule has 3 heterocycles. The number of carbonyl (C=O) groups excluding carboxylic acids is 3. The third-order valence-corrected chi connectivity index (χ3v) is 7.56. The highest BCUT2D eigenvalue weighted by atomic mass is 19.4. The average molecular weight is 518 g/mol. The lowest BCUT2D eigenvalue weighted by Crippen LogP contribution is -2.44. The van der Waals surface area contributed by atoms with Gasteiger partial charge in [0.2, 0.25) is 11.8 Å². The van der Waals surface area contributed by atoms with E-state index in [0.29, 0.717) is 16.2 Å². The molecule has 6 nitrogen and oxygen atoms in total. The maximum Gasteiger partial charge on any atom is 0.418 e. The summed E-state index contributed by atoms with van der Waals surface area (Å²) in [6, 6.07) is 16.4. The van der Waals surface area contributed by atoms with Crippen LogP contribution in [0.15, 0.2) is 79.0 Å². The quantitative estimate of drug-likeness (QED) is 0.355. The van der Waals surface area contributed by atoms with Gasteiger partial charge < -0.3 is 9.64 Å². The van der Waals surface area contributed by atoms with Gasteiger partial charge in [0, 0.05) is 11.8 Å². The molecule has 192 valence electrons. The van der Waals surface area contributed by atoms with Crippen molar-refractivity contribution in [2.45, 2.75) is 18.3 Å². The highest BCUT2D eigenvalue weighted by Crippen LogP contribution is 2.54. The topological polar surface area (TPSA) is 66.9 Å². The first-order valence-corrected chi connectivity index (χ1v) is 12.0. The van der Waals surface area contributed by atoms with Gasteiger partial charge in [0.05, 0.1) is 36.2 Å². The number of halogens is 3. The number of hydrogen-bond acceptors (Lipinski definition) is 5. The molecule has 3 aromatic rings. The summed E-state index contributed by atoms with van der Waals surface area (Å²) in [5.74, 6) is -3.63. The summed E-state index contributed by atoms with van der Waals surface area (Å²) in [4.78, 5) is 44.0. The molecule has 2 fully saturated rings. The number of Topliss-reactive ketones (excluding diaryl/α,β-unsaturated/α-hetero) is 1. The van der Waals surface area contributed by atoms with E-state index in [0.717, 1.165) is 23.3 Å². The van der Waals surface area contributed by atoms with E-state index in [1.54, 1.807) is 41.4 Å². The number of methoxy groups -OCH3 is 1. The number of ketones is 1. The summed E-state index contributed by atoms with van der Waals surface area (Å²) in [5, 5.41) is 0. The fourth-order valence-corrected chi connectivity index (χ4v) is 5.93. The first-order valence-electron chi connectivity index (χ1n) is 12.0. The standard InChI is InChI=1S/C29H21F3N2O4/c1-38-18-12-10-17(11-13-18)26(35)25-23-22(24-19-7-3-2-6-16(19)14-15-33(24)25)27(36)34(28(23)37)21-9-5-4-8-20(21)29(30,31)32/h2-15,22-25H,1H3/t22-,23+,24-,25-/m0/s1. The van der Waals surface area contributed by atoms with Crippen LogP contribution in [0, 0.1) is 11.8 Å². The van der Waals surface area contributed by atoms with Gasteiger partial charge in [0.1, 0.15) is 11.8 Å². The number of fused-ring (bicyclic) bond motifs is 5. The highest BCUT2D eigenvalue weighted by molar-refractivity contribution is 6.25. The second-order valence-electron chi connectivity index (χ2n) is 9.45. The lowest BCUT2D eigenvalue weighted by molar-refractivity contribution is -0.137. The van der Waals surface area contributed by atoms with E-state index in [-0.39, 0.29) is 0 Å². The number of carbonyl (C=O) groups is 3. The second-order valence-corrected chi connectivity index (χ2v) is 9.45. The van der Waals surface area contributed by atoms with E-state index >= 15 is 0 Å². The second kappa shape index (κ2) is 8.58. The summed E-state index contributed by atoms with van der Waals surface area (Å²) in [6.45, 7) is 0. The molecule has 38 heavy (non-hydrogen) atoms. The largest absolute Gasteiger partial charge is 0.497 e. The number of rotatable bonds is 4. The minimum Gasteiger partial charge on any atom is -0.497 e. The average Bonchev–Trinajstić information content (AvgIpc) is 3.40. The predicted octanol–water partition coefficient (Wildman–Crippen LogP) is 5.11. The maximum atomic E-state index is 13.9. The molecule has 9 heteroatoms. The van der Waals surface area contributed by atoms with Crippen molar-refractivity contribution < 1.29 is 32.3 Å². The summed E-state index contributed by atoms with van der Waals surface area (Å²) in [6.07, 6.45) is -1.27. The van der Waals surface area contributed by atoms with Gasteiger partial charge in [-0.2, -0.15) is 13.2 Å². The molecule has 3 aliphatic heterocycles. The third kappa shape index (κ3) is 3.45. The summed E-state index contributed by atoms with van der Waals surface area (Å²) in [7, 11) is 1.50. The van der Waals surface area contributed by atoms with Crippen molar-refractivity contribution in [1.29, 1.82) is 0 Å². The molecule has 0 radical (unpaired) electrons. The zero-order valence-electron chi connectivity index (χ0n) is 20.1. The van der Waals surface area contributed by atoms with Gasteiger partial charge in [-0.1, -0.05) is 36.4 Å². The number of para-hydroxylation sites is 1. The Kier molecular flexibility index (Phi) is 5.41. The van der Waals surface area contributed by atoms with Crippen LogP contribution in [0.3, 0.4) is 0 Å². The Morgan fingerprint density at radius 1 is 0.868 bits per heavy atom. The predicted molar refractivity (Wildman–Crippen MR) is 132 cm³/mol. The molecule has 3 aliphatic rings. The summed E-state index contributed by atoms with van der Waals surface area (Å²) >= 11 is 0. The molecule has 6 rings (SSSR count). The third-order valence-electron chi connectivity index (χ3n) is 7.56. The SMILES string of the molecule is COc1ccc(C(=O)[C@@H]2[C@@H]3C(=O)N(c4ccccc4C(F)(F)F)C(=O)[C@@H]3[C@@H]3c4ccccc4C=CN23)cc1. The van der Waals surface area contributed by atoms with Crippen molar-refractivity contribution in [2.75, 3.05) is 12.0 Å². The van der Waals surface area contributed by atoms with E-state index < -0.39 is 58.9 Å². The van der Waals surface area contributed by atoms with Gasteiger partial charge in [-0.25, -0.2) is 4.90 Å². The fourth-order valence-electron chi connectivity index (χ4n) is 5.93. The molecule has 4 atom stereocenters. The first kappa shape index (κ1) is 24.0. The van der Waals surface area contributed by atoms with Crippen LogP contribution in [0.2, 0.25) is 0 Å². The van der Waals surface area contributed by atoms with Crippen molar-refractivity contribution in [3.05, 3.63) is 101 Å². The molecule has 0 spiro atoms. The molecule has 0 N–H and O–H groups in total. The van der Waals surface area contributed by atoms with Crippen LogP contribution >= 0.6 is 0 Å². The normalized spacial score (nSPS) is 23.8. The Labute approximate surface area is 215 Å². The molecular weight excluding hydrogens is 497 g/mol. The van der Waals surface area contributed by atoms with Crippen LogP contribution < -0.4 is 9.64 Å². The zero-order chi connectivity index (χ0) is 26.8. The van der Waals surface area contributed by atoms with Crippen molar-refractivity contribution in [1.82, 2.24) is 4.90 Å². The smallest absolute Gasteiger partial charge is 0.418 e. The molecule has 3 aromatic carbocycles. The van der Waals surface area contributed by atoms with Crippen LogP contribution in [-0.4, -0.2) is 35.6 Å². The Hall–Kier alpha value is -4.40. The fraction of sp³-hybridized carbons (Fsp3) is 0.207. The van der Waals surface area contributed by atoms with Crippen LogP contribution in [0.25, 0.3) is 6.08 Å². The Morgan fingerprint density at radius 3 is 2.24 bits per heavy atom. The van der Waals surface area contributed by atoms with E-state index in [2.05, 4.69) is 0 Å². The van der Waals surface area contributed by atoms with E-state index in [4.69, 9.17) is 4.74 Å². The number of hydrogen-bond donors (Lipinski definition) is 0. The molecule has 2 amide bonds. The van der Waals surface area contributed by atoms with E-state index in [9.17, 15) is 27.6 Å². The first-order chi connectivity index (χ1) is 18.2. The zero-order valence-corrected chi connectivity index (χ0v) is 20.1. The van der Waals surface area contributed by atoms with Gasteiger partial charge in [-0.05, 0) is 53.6 Å². The summed E-state index contributed by atoms with van der Waals surface area (Å²) in [5.41, 5.74) is 0.255.